The predicted octanol–water partition coefficient (Wildman–Crippen LogP) is 0.494. The Balaban J connectivity index is 2.72. The SMILES string of the molecule is Cc1c(N)cccc1CN(C)CC(N)=O. The van der Waals surface area contributed by atoms with Crippen molar-refractivity contribution in [2.75, 3.05) is 19.3 Å². The summed E-state index contributed by atoms with van der Waals surface area (Å²) in [5.74, 6) is -0.320. The van der Waals surface area contributed by atoms with Crippen LogP contribution in [-0.4, -0.2) is 24.4 Å². The molecule has 1 aromatic carbocycles. The van der Waals surface area contributed by atoms with Gasteiger partial charge in [0.05, 0.1) is 6.54 Å². The first kappa shape index (κ1) is 11.5. The highest BCUT2D eigenvalue weighted by Gasteiger charge is 2.06. The van der Waals surface area contributed by atoms with Crippen LogP contribution < -0.4 is 11.5 Å². The van der Waals surface area contributed by atoms with E-state index < -0.39 is 0 Å². The lowest BCUT2D eigenvalue weighted by molar-refractivity contribution is -0.118. The maximum atomic E-state index is 10.7. The fraction of sp³-hybridized carbons (Fsp3) is 0.364. The van der Waals surface area contributed by atoms with Gasteiger partial charge in [-0.05, 0) is 31.2 Å². The third kappa shape index (κ3) is 3.25. The van der Waals surface area contributed by atoms with Crippen molar-refractivity contribution in [2.24, 2.45) is 5.73 Å². The number of rotatable bonds is 4. The largest absolute Gasteiger partial charge is 0.399 e. The Morgan fingerprint density at radius 1 is 1.47 bits per heavy atom. The zero-order valence-corrected chi connectivity index (χ0v) is 9.16. The van der Waals surface area contributed by atoms with E-state index in [1.807, 2.05) is 37.1 Å². The summed E-state index contributed by atoms with van der Waals surface area (Å²) >= 11 is 0. The maximum Gasteiger partial charge on any atom is 0.231 e. The highest BCUT2D eigenvalue weighted by atomic mass is 16.1. The van der Waals surface area contributed by atoms with Gasteiger partial charge < -0.3 is 11.5 Å². The molecule has 0 fully saturated rings. The molecule has 15 heavy (non-hydrogen) atoms. The van der Waals surface area contributed by atoms with Gasteiger partial charge in [0, 0.05) is 12.2 Å². The molecule has 1 aromatic rings. The predicted molar refractivity (Wildman–Crippen MR) is 61.1 cm³/mol. The van der Waals surface area contributed by atoms with E-state index >= 15 is 0 Å². The van der Waals surface area contributed by atoms with E-state index in [1.54, 1.807) is 0 Å². The van der Waals surface area contributed by atoms with E-state index in [4.69, 9.17) is 11.5 Å². The van der Waals surface area contributed by atoms with E-state index in [-0.39, 0.29) is 12.5 Å². The third-order valence-corrected chi connectivity index (χ3v) is 2.35. The summed E-state index contributed by atoms with van der Waals surface area (Å²) in [7, 11) is 1.85. The minimum atomic E-state index is -0.320. The van der Waals surface area contributed by atoms with Gasteiger partial charge in [-0.2, -0.15) is 0 Å². The van der Waals surface area contributed by atoms with Crippen LogP contribution in [0.15, 0.2) is 18.2 Å². The average Bonchev–Trinajstić information content (AvgIpc) is 2.11. The Hall–Kier alpha value is -1.55. The third-order valence-electron chi connectivity index (χ3n) is 2.35. The summed E-state index contributed by atoms with van der Waals surface area (Å²) in [6.45, 7) is 2.91. The standard InChI is InChI=1S/C11H17N3O/c1-8-9(4-3-5-10(8)12)6-14(2)7-11(13)15/h3-5H,6-7,12H2,1-2H3,(H2,13,15). The Morgan fingerprint density at radius 2 is 2.13 bits per heavy atom. The number of nitrogens with zero attached hydrogens (tertiary/aromatic N) is 1. The molecule has 0 saturated carbocycles. The van der Waals surface area contributed by atoms with E-state index in [0.717, 1.165) is 16.8 Å². The van der Waals surface area contributed by atoms with E-state index in [0.29, 0.717) is 6.54 Å². The minimum absolute atomic E-state index is 0.258. The van der Waals surface area contributed by atoms with Gasteiger partial charge in [-0.15, -0.1) is 0 Å². The van der Waals surface area contributed by atoms with Crippen LogP contribution in [-0.2, 0) is 11.3 Å². The number of carbonyl (C=O) groups excluding carboxylic acids is 1. The van der Waals surface area contributed by atoms with Crippen LogP contribution in [0.5, 0.6) is 0 Å². The minimum Gasteiger partial charge on any atom is -0.399 e. The molecule has 0 saturated heterocycles. The second kappa shape index (κ2) is 4.79. The molecule has 1 amide bonds. The van der Waals surface area contributed by atoms with Gasteiger partial charge in [-0.1, -0.05) is 12.1 Å². The molecular weight excluding hydrogens is 190 g/mol. The lowest BCUT2D eigenvalue weighted by Gasteiger charge is -2.16. The normalized spacial score (nSPS) is 10.6. The molecule has 0 aliphatic heterocycles. The molecule has 4 N–H and O–H groups in total. The summed E-state index contributed by atoms with van der Waals surface area (Å²) in [6, 6.07) is 5.78. The van der Waals surface area contributed by atoms with Crippen LogP contribution in [0.1, 0.15) is 11.1 Å². The second-order valence-corrected chi connectivity index (χ2v) is 3.77. The molecule has 82 valence electrons. The summed E-state index contributed by atoms with van der Waals surface area (Å²) < 4.78 is 0. The lowest BCUT2D eigenvalue weighted by Crippen LogP contribution is -2.30. The number of nitrogens with two attached hydrogens (primary N) is 2. The molecule has 0 atom stereocenters. The topological polar surface area (TPSA) is 72.3 Å². The number of anilines is 1. The number of carbonyl (C=O) groups is 1. The average molecular weight is 207 g/mol. The van der Waals surface area contributed by atoms with E-state index in [9.17, 15) is 4.79 Å². The number of amides is 1. The molecule has 0 aromatic heterocycles. The zero-order valence-electron chi connectivity index (χ0n) is 9.16. The Bertz CT molecular complexity index is 363. The van der Waals surface area contributed by atoms with Gasteiger partial charge in [0.2, 0.25) is 5.91 Å². The van der Waals surface area contributed by atoms with Crippen molar-refractivity contribution >= 4 is 11.6 Å². The first-order valence-electron chi connectivity index (χ1n) is 4.81. The zero-order chi connectivity index (χ0) is 11.4. The quantitative estimate of drug-likeness (QED) is 0.706. The molecule has 0 aliphatic rings. The molecule has 0 aliphatic carbocycles. The van der Waals surface area contributed by atoms with E-state index in [1.165, 1.54) is 0 Å². The van der Waals surface area contributed by atoms with Crippen LogP contribution in [0.4, 0.5) is 5.69 Å². The van der Waals surface area contributed by atoms with Crippen molar-refractivity contribution in [2.45, 2.75) is 13.5 Å². The van der Waals surface area contributed by atoms with Crippen molar-refractivity contribution in [3.8, 4) is 0 Å². The summed E-state index contributed by atoms with van der Waals surface area (Å²) in [6.07, 6.45) is 0. The Labute approximate surface area is 89.9 Å². The van der Waals surface area contributed by atoms with Gasteiger partial charge in [0.15, 0.2) is 0 Å². The first-order chi connectivity index (χ1) is 7.00. The van der Waals surface area contributed by atoms with Crippen molar-refractivity contribution in [1.82, 2.24) is 4.90 Å². The fourth-order valence-corrected chi connectivity index (χ4v) is 1.49. The van der Waals surface area contributed by atoms with Crippen LogP contribution in [0.2, 0.25) is 0 Å². The van der Waals surface area contributed by atoms with Crippen molar-refractivity contribution in [3.05, 3.63) is 29.3 Å². The number of benzene rings is 1. The van der Waals surface area contributed by atoms with Crippen molar-refractivity contribution in [3.63, 3.8) is 0 Å². The smallest absolute Gasteiger partial charge is 0.231 e. The number of likely N-dealkylation sites (N-methyl/N-ethyl adjacent to an activating group) is 1. The van der Waals surface area contributed by atoms with Crippen molar-refractivity contribution in [1.29, 1.82) is 0 Å². The number of hydrogen-bond acceptors (Lipinski definition) is 3. The molecule has 1 rings (SSSR count). The summed E-state index contributed by atoms with van der Waals surface area (Å²) in [5, 5.41) is 0. The number of primary amides is 1. The molecule has 0 bridgehead atoms. The van der Waals surface area contributed by atoms with Crippen LogP contribution in [0.3, 0.4) is 0 Å². The molecule has 0 unspecified atom stereocenters. The molecule has 4 nitrogen and oxygen atoms in total. The molecular formula is C11H17N3O. The van der Waals surface area contributed by atoms with Crippen LogP contribution in [0, 0.1) is 6.92 Å². The number of hydrogen-bond donors (Lipinski definition) is 2. The highest BCUT2D eigenvalue weighted by molar-refractivity contribution is 5.75. The lowest BCUT2D eigenvalue weighted by atomic mass is 10.1. The number of nitrogen functional groups attached to an aromatic ring is 1. The van der Waals surface area contributed by atoms with Crippen LogP contribution >= 0.6 is 0 Å². The van der Waals surface area contributed by atoms with Gasteiger partial charge in [0.1, 0.15) is 0 Å². The van der Waals surface area contributed by atoms with Crippen molar-refractivity contribution < 1.29 is 4.79 Å². The first-order valence-corrected chi connectivity index (χ1v) is 4.81. The molecule has 4 heteroatoms. The highest BCUT2D eigenvalue weighted by Crippen LogP contribution is 2.16. The monoisotopic (exact) mass is 207 g/mol. The molecule has 0 heterocycles. The van der Waals surface area contributed by atoms with Gasteiger partial charge in [-0.3, -0.25) is 9.69 Å². The fourth-order valence-electron chi connectivity index (χ4n) is 1.49. The van der Waals surface area contributed by atoms with Gasteiger partial charge >= 0.3 is 0 Å². The second-order valence-electron chi connectivity index (χ2n) is 3.77. The Kier molecular flexibility index (Phi) is 3.68. The maximum absolute atomic E-state index is 10.7. The van der Waals surface area contributed by atoms with E-state index in [2.05, 4.69) is 0 Å². The molecule has 0 spiro atoms. The van der Waals surface area contributed by atoms with Crippen LogP contribution in [0.25, 0.3) is 0 Å². The molecule has 0 radical (unpaired) electrons. The Morgan fingerprint density at radius 3 is 2.73 bits per heavy atom. The summed E-state index contributed by atoms with van der Waals surface area (Å²) in [4.78, 5) is 12.6. The van der Waals surface area contributed by atoms with Gasteiger partial charge in [-0.25, -0.2) is 0 Å². The van der Waals surface area contributed by atoms with Gasteiger partial charge in [0.25, 0.3) is 0 Å². The summed E-state index contributed by atoms with van der Waals surface area (Å²) in [5.41, 5.74) is 13.9.